The van der Waals surface area contributed by atoms with Gasteiger partial charge < -0.3 is 9.84 Å². The van der Waals surface area contributed by atoms with Crippen LogP contribution in [0.3, 0.4) is 0 Å². The van der Waals surface area contributed by atoms with Gasteiger partial charge in [-0.15, -0.1) is 0 Å². The number of anilines is 1. The van der Waals surface area contributed by atoms with Crippen molar-refractivity contribution < 1.29 is 19.4 Å². The smallest absolute Gasteiger partial charge is 0.330 e. The minimum absolute atomic E-state index is 0.0604. The summed E-state index contributed by atoms with van der Waals surface area (Å²) in [5.41, 5.74) is 0.724. The highest BCUT2D eigenvalue weighted by Crippen LogP contribution is 2.36. The van der Waals surface area contributed by atoms with Crippen molar-refractivity contribution in [2.24, 2.45) is 5.92 Å². The molecule has 2 amide bonds. The van der Waals surface area contributed by atoms with E-state index < -0.39 is 12.5 Å². The van der Waals surface area contributed by atoms with Gasteiger partial charge in [-0.3, -0.25) is 9.69 Å². The first-order valence-corrected chi connectivity index (χ1v) is 7.55. The number of aliphatic hydroxyl groups is 1. The van der Waals surface area contributed by atoms with E-state index >= 15 is 0 Å². The molecule has 1 N–H and O–H groups in total. The monoisotopic (exact) mass is 311 g/mol. The van der Waals surface area contributed by atoms with Crippen LogP contribution in [0, 0.1) is 5.92 Å². The van der Waals surface area contributed by atoms with Crippen LogP contribution in [0.5, 0.6) is 0 Å². The quantitative estimate of drug-likeness (QED) is 0.883. The molecule has 2 heterocycles. The van der Waals surface area contributed by atoms with Crippen LogP contribution in [0.1, 0.15) is 28.7 Å². The number of carbonyl (C=O) groups is 2. The zero-order valence-electron chi connectivity index (χ0n) is 12.1. The van der Waals surface area contributed by atoms with Crippen LogP contribution >= 0.6 is 11.3 Å². The molecular weight excluding hydrogens is 294 g/mol. The number of urea groups is 1. The molecule has 2 aliphatic rings. The second kappa shape index (κ2) is 5.04. The number of hydrogen-bond acceptors (Lipinski definition) is 6. The molecule has 0 aromatic carbocycles. The number of methoxy groups -OCH3 is 1. The number of amides is 2. The number of nitrogens with zero attached hydrogens (tertiary/aromatic N) is 3. The average Bonchev–Trinajstić information content (AvgIpc) is 2.91. The molecule has 0 saturated carbocycles. The fourth-order valence-electron chi connectivity index (χ4n) is 2.80. The average molecular weight is 311 g/mol. The molecule has 1 aliphatic heterocycles. The molecule has 1 fully saturated rings. The number of likely N-dealkylation sites (N-methyl/N-ethyl adjacent to an activating group) is 1. The standard InChI is InChI=1S/C13H17N3O4S/c1-6-4-7-9(8(17)5-6)21-12(14-7)16-10(18)11(20-3)15(2)13(16)19/h6,10-11,18H,4-5H2,1-3H3. The fraction of sp³-hybridized carbons (Fsp3) is 0.615. The number of ketones is 1. The Kier molecular flexibility index (Phi) is 3.46. The van der Waals surface area contributed by atoms with E-state index in [0.717, 1.165) is 12.1 Å². The van der Waals surface area contributed by atoms with Gasteiger partial charge in [-0.05, 0) is 12.3 Å². The van der Waals surface area contributed by atoms with Gasteiger partial charge in [0.1, 0.15) is 0 Å². The number of fused-ring (bicyclic) bond motifs is 1. The van der Waals surface area contributed by atoms with Gasteiger partial charge >= 0.3 is 6.03 Å². The van der Waals surface area contributed by atoms with Crippen molar-refractivity contribution in [2.75, 3.05) is 19.1 Å². The topological polar surface area (TPSA) is 83.0 Å². The van der Waals surface area contributed by atoms with Crippen molar-refractivity contribution in [2.45, 2.75) is 32.2 Å². The minimum atomic E-state index is -1.13. The lowest BCUT2D eigenvalue weighted by Gasteiger charge is -2.18. The largest absolute Gasteiger partial charge is 0.369 e. The first-order valence-electron chi connectivity index (χ1n) is 6.73. The maximum absolute atomic E-state index is 12.2. The van der Waals surface area contributed by atoms with Gasteiger partial charge in [0.2, 0.25) is 0 Å². The molecule has 1 aromatic heterocycles. The molecule has 1 saturated heterocycles. The molecule has 3 atom stereocenters. The maximum Gasteiger partial charge on any atom is 0.330 e. The maximum atomic E-state index is 12.2. The van der Waals surface area contributed by atoms with Crippen LogP contribution in [0.15, 0.2) is 0 Å². The lowest BCUT2D eigenvalue weighted by molar-refractivity contribution is -0.0489. The molecule has 7 nitrogen and oxygen atoms in total. The van der Waals surface area contributed by atoms with Gasteiger partial charge in [0, 0.05) is 20.6 Å². The lowest BCUT2D eigenvalue weighted by atomic mass is 9.92. The van der Waals surface area contributed by atoms with Gasteiger partial charge in [0.25, 0.3) is 0 Å². The third kappa shape index (κ3) is 2.14. The lowest BCUT2D eigenvalue weighted by Crippen LogP contribution is -2.37. The van der Waals surface area contributed by atoms with Crippen molar-refractivity contribution in [3.05, 3.63) is 10.6 Å². The Balaban J connectivity index is 1.97. The number of thiazole rings is 1. The van der Waals surface area contributed by atoms with E-state index in [4.69, 9.17) is 4.74 Å². The molecule has 1 aromatic rings. The Morgan fingerprint density at radius 3 is 2.71 bits per heavy atom. The summed E-state index contributed by atoms with van der Waals surface area (Å²) in [5, 5.41) is 10.6. The predicted molar refractivity (Wildman–Crippen MR) is 76.4 cm³/mol. The molecule has 21 heavy (non-hydrogen) atoms. The first-order chi connectivity index (χ1) is 9.93. The molecule has 0 bridgehead atoms. The molecule has 0 radical (unpaired) electrons. The number of hydrogen-bond donors (Lipinski definition) is 1. The molecule has 114 valence electrons. The summed E-state index contributed by atoms with van der Waals surface area (Å²) in [6.07, 6.45) is -0.647. The second-order valence-electron chi connectivity index (χ2n) is 5.51. The highest BCUT2D eigenvalue weighted by molar-refractivity contribution is 7.17. The van der Waals surface area contributed by atoms with E-state index in [1.54, 1.807) is 7.05 Å². The zero-order valence-corrected chi connectivity index (χ0v) is 12.9. The summed E-state index contributed by atoms with van der Waals surface area (Å²) >= 11 is 1.17. The Bertz CT molecular complexity index is 602. The van der Waals surface area contributed by atoms with Gasteiger partial charge in [-0.25, -0.2) is 14.7 Å². The van der Waals surface area contributed by atoms with Crippen LogP contribution < -0.4 is 4.90 Å². The van der Waals surface area contributed by atoms with E-state index in [2.05, 4.69) is 4.98 Å². The third-order valence-corrected chi connectivity index (χ3v) is 5.01. The Morgan fingerprint density at radius 1 is 1.38 bits per heavy atom. The third-order valence-electron chi connectivity index (χ3n) is 3.87. The van der Waals surface area contributed by atoms with Crippen LogP contribution in [0.25, 0.3) is 0 Å². The van der Waals surface area contributed by atoms with E-state index in [1.165, 1.54) is 28.2 Å². The molecule has 3 rings (SSSR count). The SMILES string of the molecule is COC1C(O)N(c2nc3c(s2)C(=O)CC(C)C3)C(=O)N1C. The first kappa shape index (κ1) is 14.4. The highest BCUT2D eigenvalue weighted by Gasteiger charge is 2.46. The minimum Gasteiger partial charge on any atom is -0.369 e. The normalized spacial score (nSPS) is 29.2. The van der Waals surface area contributed by atoms with E-state index in [9.17, 15) is 14.7 Å². The Labute approximate surface area is 126 Å². The summed E-state index contributed by atoms with van der Waals surface area (Å²) in [6.45, 7) is 2.00. The number of aromatic nitrogens is 1. The van der Waals surface area contributed by atoms with Crippen molar-refractivity contribution in [3.63, 3.8) is 0 Å². The molecule has 3 unspecified atom stereocenters. The summed E-state index contributed by atoms with van der Waals surface area (Å²) in [5.74, 6) is 0.318. The van der Waals surface area contributed by atoms with Gasteiger partial charge in [0.05, 0.1) is 10.6 Å². The number of rotatable bonds is 2. The van der Waals surface area contributed by atoms with E-state index in [0.29, 0.717) is 16.4 Å². The number of ether oxygens (including phenoxy) is 1. The summed E-state index contributed by atoms with van der Waals surface area (Å²) in [7, 11) is 2.99. The van der Waals surface area contributed by atoms with Crippen molar-refractivity contribution in [1.82, 2.24) is 9.88 Å². The summed E-state index contributed by atoms with van der Waals surface area (Å²) in [4.78, 5) is 31.8. The van der Waals surface area contributed by atoms with Crippen molar-refractivity contribution >= 4 is 28.3 Å². The Morgan fingerprint density at radius 2 is 2.10 bits per heavy atom. The fourth-order valence-corrected chi connectivity index (χ4v) is 3.87. The molecule has 8 heteroatoms. The number of aliphatic hydroxyl groups excluding tert-OH is 1. The van der Waals surface area contributed by atoms with Gasteiger partial charge in [-0.1, -0.05) is 18.3 Å². The molecule has 1 aliphatic carbocycles. The zero-order chi connectivity index (χ0) is 15.3. The number of Topliss-reactive ketones (excluding diaryl/α,β-unsaturated/α-hetero) is 1. The number of carbonyl (C=O) groups excluding carboxylic acids is 2. The van der Waals surface area contributed by atoms with E-state index in [1.807, 2.05) is 6.92 Å². The predicted octanol–water partition coefficient (Wildman–Crippen LogP) is 1.07. The van der Waals surface area contributed by atoms with Gasteiger partial charge in [-0.2, -0.15) is 0 Å². The van der Waals surface area contributed by atoms with Crippen molar-refractivity contribution in [1.29, 1.82) is 0 Å². The van der Waals surface area contributed by atoms with Crippen LogP contribution in [0.2, 0.25) is 0 Å². The van der Waals surface area contributed by atoms with Crippen molar-refractivity contribution in [3.8, 4) is 0 Å². The Hall–Kier alpha value is -1.51. The van der Waals surface area contributed by atoms with Crippen LogP contribution in [0.4, 0.5) is 9.93 Å². The van der Waals surface area contributed by atoms with Crippen LogP contribution in [-0.4, -0.2) is 53.4 Å². The second-order valence-corrected chi connectivity index (χ2v) is 6.49. The molecule has 0 spiro atoms. The molecular formula is C13H17N3O4S. The van der Waals surface area contributed by atoms with E-state index in [-0.39, 0.29) is 17.7 Å². The highest BCUT2D eigenvalue weighted by atomic mass is 32.1. The van der Waals surface area contributed by atoms with Gasteiger partial charge in [0.15, 0.2) is 23.4 Å². The van der Waals surface area contributed by atoms with Crippen LogP contribution in [-0.2, 0) is 11.2 Å². The summed E-state index contributed by atoms with van der Waals surface area (Å²) in [6, 6.07) is -0.388. The summed E-state index contributed by atoms with van der Waals surface area (Å²) < 4.78 is 5.12.